The van der Waals surface area contributed by atoms with Gasteiger partial charge in [0.2, 0.25) is 0 Å². The average Bonchev–Trinajstić information content (AvgIpc) is 1.59. The summed E-state index contributed by atoms with van der Waals surface area (Å²) in [6.07, 6.45) is 0. The average molecular weight is 1800 g/mol. The molecule has 5 heterocycles. The Morgan fingerprint density at radius 3 is 1.03 bits per heavy atom. The van der Waals surface area contributed by atoms with Crippen LogP contribution in [0.2, 0.25) is 0 Å². The highest BCUT2D eigenvalue weighted by Gasteiger charge is 2.52. The number of aromatic nitrogens is 2. The second kappa shape index (κ2) is 32.6. The van der Waals surface area contributed by atoms with Crippen LogP contribution in [-0.2, 0) is 9.31 Å². The zero-order valence-electron chi connectivity index (χ0n) is 80.0. The van der Waals surface area contributed by atoms with E-state index in [-0.39, 0.29) is 1.43 Å². The van der Waals surface area contributed by atoms with Gasteiger partial charge in [0, 0.05) is 112 Å². The van der Waals surface area contributed by atoms with E-state index in [2.05, 4.69) is 462 Å². The minimum atomic E-state index is -0.430. The third-order valence-corrected chi connectivity index (χ3v) is 23.0. The summed E-state index contributed by atoms with van der Waals surface area (Å²) in [5, 5.41) is 9.49. The lowest BCUT2D eigenvalue weighted by Gasteiger charge is -2.32. The number of alkyl halides is 2. The molecule has 572 valence electrons. The van der Waals surface area contributed by atoms with Gasteiger partial charge in [0.15, 0.2) is 0 Å². The van der Waals surface area contributed by atoms with Crippen molar-refractivity contribution >= 4 is 161 Å². The molecule has 0 saturated carbocycles. The van der Waals surface area contributed by atoms with E-state index in [0.29, 0.717) is 0 Å². The van der Waals surface area contributed by atoms with Gasteiger partial charge in [0.25, 0.3) is 0 Å². The molecule has 10 heteroatoms. The number of benzene rings is 16. The fourth-order valence-electron chi connectivity index (χ4n) is 16.2. The molecule has 0 bridgehead atoms. The van der Waals surface area contributed by atoms with Crippen LogP contribution in [0.5, 0.6) is 0 Å². The van der Waals surface area contributed by atoms with Crippen molar-refractivity contribution in [3.8, 4) is 89.3 Å². The maximum atomic E-state index is 6.87. The number of rotatable bonds is 10. The van der Waals surface area contributed by atoms with E-state index in [4.69, 9.17) is 41.9 Å². The number of hydrogen-bond acceptors (Lipinski definition) is 4. The molecular formula is C104H98BBrI2N2O4. The summed E-state index contributed by atoms with van der Waals surface area (Å²) in [6.45, 7) is 8.39. The monoisotopic (exact) mass is 1800 g/mol. The first-order valence-electron chi connectivity index (χ1n) is 46.3. The predicted molar refractivity (Wildman–Crippen MR) is 523 cm³/mol. The molecule has 16 aromatic carbocycles. The Kier molecular flexibility index (Phi) is 18.9. The molecule has 0 N–H and O–H groups in total. The molecule has 1 fully saturated rings. The lowest BCUT2D eigenvalue weighted by atomic mass is 9.77. The van der Waals surface area contributed by atoms with Crippen molar-refractivity contribution in [2.75, 3.05) is 9.86 Å². The van der Waals surface area contributed by atoms with Gasteiger partial charge in [-0.3, -0.25) is 0 Å². The molecule has 0 aliphatic carbocycles. The van der Waals surface area contributed by atoms with E-state index in [1.54, 1.807) is 0 Å². The van der Waals surface area contributed by atoms with Crippen molar-refractivity contribution in [2.24, 2.45) is 0 Å². The fourth-order valence-corrected chi connectivity index (χ4v) is 16.7. The van der Waals surface area contributed by atoms with Crippen LogP contribution >= 0.6 is 61.1 Å². The Morgan fingerprint density at radius 1 is 0.263 bits per heavy atom. The van der Waals surface area contributed by atoms with E-state index in [9.17, 15) is 0 Å². The van der Waals surface area contributed by atoms with Gasteiger partial charge in [-0.25, -0.2) is 0 Å². The third-order valence-electron chi connectivity index (χ3n) is 22.3. The molecule has 6 nitrogen and oxygen atoms in total. The predicted octanol–water partition coefficient (Wildman–Crippen LogP) is 32.1. The Hall–Kier alpha value is -11.4. The van der Waals surface area contributed by atoms with Crippen LogP contribution in [0.15, 0.2) is 389 Å². The smallest absolute Gasteiger partial charge is 0.455 e. The maximum Gasteiger partial charge on any atom is 0.496 e. The normalized spacial score (nSPS) is 13.4. The highest BCUT2D eigenvalue weighted by molar-refractivity contribution is 14.1. The first-order chi connectivity index (χ1) is 64.0. The number of para-hydroxylation sites is 8. The van der Waals surface area contributed by atoms with Crippen LogP contribution in [0.1, 0.15) is 52.9 Å². The van der Waals surface area contributed by atoms with Gasteiger partial charge in [-0.2, -0.15) is 0 Å². The number of hydrogen-bond donors (Lipinski definition) is 0. The minimum absolute atomic E-state index is 0. The van der Waals surface area contributed by atoms with Crippen LogP contribution in [0, 0.1) is 0 Å². The van der Waals surface area contributed by atoms with Crippen LogP contribution in [0.25, 0.3) is 177 Å². The van der Waals surface area contributed by atoms with E-state index in [1.807, 2.05) is 22.0 Å². The van der Waals surface area contributed by atoms with Crippen molar-refractivity contribution < 1.29 is 43.3 Å². The Balaban J connectivity index is 0.000000229. The van der Waals surface area contributed by atoms with Gasteiger partial charge >= 0.3 is 7.12 Å². The molecule has 0 amide bonds. The summed E-state index contributed by atoms with van der Waals surface area (Å²) in [4.78, 5) is 3.94. The molecule has 114 heavy (non-hydrogen) atoms. The quantitative estimate of drug-likeness (QED) is 0.0778. The van der Waals surface area contributed by atoms with Crippen molar-refractivity contribution in [3.63, 3.8) is 0 Å². The Labute approximate surface area is 727 Å². The molecule has 1 aliphatic heterocycles. The van der Waals surface area contributed by atoms with Gasteiger partial charge in [0.05, 0.1) is 39.0 Å². The number of halogens is 3. The first-order valence-corrected chi connectivity index (χ1v) is 43.4. The highest BCUT2D eigenvalue weighted by atomic mass is 127. The maximum absolute atomic E-state index is 6.87. The van der Waals surface area contributed by atoms with E-state index in [0.717, 1.165) is 115 Å². The fraction of sp³-hybridized carbons (Fsp3) is 0.0769. The molecule has 0 radical (unpaired) electrons. The van der Waals surface area contributed by atoms with Crippen molar-refractivity contribution in [1.82, 2.24) is 9.13 Å². The van der Waals surface area contributed by atoms with E-state index in [1.165, 1.54) is 71.4 Å². The van der Waals surface area contributed by atoms with Crippen LogP contribution < -0.4 is 5.46 Å². The van der Waals surface area contributed by atoms with Gasteiger partial charge in [-0.15, -0.1) is 0 Å². The van der Waals surface area contributed by atoms with Crippen LogP contribution in [0.3, 0.4) is 0 Å². The molecule has 21 rings (SSSR count). The summed E-state index contributed by atoms with van der Waals surface area (Å²) in [5.41, 5.74) is 27.1. The Morgan fingerprint density at radius 2 is 0.570 bits per heavy atom. The van der Waals surface area contributed by atoms with Gasteiger partial charge in [-0.05, 0) is 142 Å². The lowest BCUT2D eigenvalue weighted by molar-refractivity contribution is 0.00578. The minimum Gasteiger partial charge on any atom is -0.455 e. The lowest BCUT2D eigenvalue weighted by Crippen LogP contribution is -2.41. The summed E-state index contributed by atoms with van der Waals surface area (Å²) in [7, 11) is -0.430. The largest absolute Gasteiger partial charge is 0.496 e. The summed E-state index contributed by atoms with van der Waals surface area (Å²) in [6, 6.07) is 133. The second-order valence-corrected chi connectivity index (χ2v) is 30.1. The second-order valence-electron chi connectivity index (χ2n) is 29.3. The standard InChI is InChI=1S/C48H31NO.C30H28BNO2.C24H15BrO.2CH3I.9H2/c1-3-15-32(16-4-1)34-29-30-46-43(31-34)39-22-10-12-28-45(39)49(46)44-27-11-9-21-38(44)36-19-7-8-20-37(36)40-24-14-26-42-41-25-13-23-35(47(41)50-48(40)42)33-17-5-2-6-18-33;1-29(2)30(3,4)34-31(33-29)25-15-9-11-17-28(25)32-26-16-10-8-14-23(26)24-20-22(18-19-27(24)32)21-12-6-5-7-13-21;25-22-15-5-4-10-18(22)19-12-7-14-21-20-13-6-11-17(23(20)26-24(19)21)16-8-2-1-3-9-16;2*1-2;;;;;;;;;/h1-31H;5-20H,1-4H3;1-15H;2*1H3;9*1H/i;;;;;8*1+1D;1+1. The zero-order valence-corrected chi connectivity index (χ0v) is 69.9. The van der Waals surface area contributed by atoms with Crippen molar-refractivity contribution in [1.29, 1.82) is 0 Å². The number of furan rings is 2. The third kappa shape index (κ3) is 14.0. The molecular weight excluding hydrogens is 1690 g/mol. The summed E-state index contributed by atoms with van der Waals surface area (Å²) >= 11 is 7.97. The van der Waals surface area contributed by atoms with Crippen molar-refractivity contribution in [2.45, 2.75) is 38.9 Å². The van der Waals surface area contributed by atoms with E-state index >= 15 is 0 Å². The summed E-state index contributed by atoms with van der Waals surface area (Å²) in [5.74, 6) is 0. The number of fused-ring (bicyclic) bond motifs is 12. The topological polar surface area (TPSA) is 54.6 Å². The van der Waals surface area contributed by atoms with Gasteiger partial charge < -0.3 is 27.3 Å². The number of nitrogens with zero attached hydrogens (tertiary/aromatic N) is 2. The van der Waals surface area contributed by atoms with Gasteiger partial charge in [0.1, 0.15) is 22.3 Å². The summed E-state index contributed by atoms with van der Waals surface area (Å²) < 4.78 is 112. The molecule has 0 atom stereocenters. The SMILES string of the molecule is Brc1ccccc1-c1cccc2c1oc1c(-c3ccccc3)cccc12.CC1(C)OB(c2ccccc2-n2c3ccccc3c3cc(-c4ccccc4)ccc32)OC1(C)C.CI.CI.[2HH].[2H][2H].[2H][2H].[2H][2H].[2H][2H].[2H][2H].[2H][2H].[2H][2H].[2H][2H].c1ccc(-c2ccc3c(c2)c2ccccc2n3-c2ccccc2-c2ccccc2-c2cccc3c2oc2c(-c4ccccc4)cccc23)cc1. The highest BCUT2D eigenvalue weighted by Crippen LogP contribution is 2.47. The molecule has 20 aromatic rings. The first kappa shape index (κ1) is 66.1. The molecule has 1 aliphatic rings. The van der Waals surface area contributed by atoms with Crippen LogP contribution in [0.4, 0.5) is 0 Å². The van der Waals surface area contributed by atoms with E-state index < -0.39 is 18.3 Å². The molecule has 0 unspecified atom stereocenters. The zero-order chi connectivity index (χ0) is 94.0. The molecule has 4 aromatic heterocycles. The Bertz CT molecular complexity index is 6950. The van der Waals surface area contributed by atoms with Gasteiger partial charge in [-0.1, -0.05) is 383 Å². The van der Waals surface area contributed by atoms with Crippen molar-refractivity contribution in [3.05, 3.63) is 381 Å². The molecule has 1 saturated heterocycles. The molecule has 0 spiro atoms. The van der Waals surface area contributed by atoms with Crippen LogP contribution in [-0.4, -0.2) is 37.3 Å².